The first-order valence-electron chi connectivity index (χ1n) is 5.49. The van der Waals surface area contributed by atoms with Crippen molar-refractivity contribution in [3.63, 3.8) is 0 Å². The lowest BCUT2D eigenvalue weighted by atomic mass is 10.0. The highest BCUT2D eigenvalue weighted by Gasteiger charge is 2.05. The normalized spacial score (nSPS) is 14.6. The third kappa shape index (κ3) is 4.93. The van der Waals surface area contributed by atoms with Gasteiger partial charge < -0.3 is 4.74 Å². The van der Waals surface area contributed by atoms with Crippen molar-refractivity contribution in [3.8, 4) is 0 Å². The number of nitrogens with zero attached hydrogens (tertiary/aromatic N) is 1. The van der Waals surface area contributed by atoms with Crippen LogP contribution < -0.4 is 0 Å². The van der Waals surface area contributed by atoms with Gasteiger partial charge in [-0.15, -0.1) is 0 Å². The van der Waals surface area contributed by atoms with Gasteiger partial charge in [-0.2, -0.15) is 0 Å². The van der Waals surface area contributed by atoms with Gasteiger partial charge in [0.2, 0.25) is 0 Å². The van der Waals surface area contributed by atoms with Gasteiger partial charge in [0, 0.05) is 20.8 Å². The van der Waals surface area contributed by atoms with Crippen molar-refractivity contribution in [1.29, 1.82) is 0 Å². The van der Waals surface area contributed by atoms with Crippen LogP contribution in [0.5, 0.6) is 0 Å². The number of ether oxygens (including phenoxy) is 1. The highest BCUT2D eigenvalue weighted by Crippen LogP contribution is 2.12. The number of allylic oxidation sites excluding steroid dienone is 3. The molecule has 86 valence electrons. The molecular weight excluding hydrogens is 186 g/mol. The van der Waals surface area contributed by atoms with Crippen molar-refractivity contribution < 1.29 is 4.74 Å². The molecule has 0 bridgehead atoms. The zero-order chi connectivity index (χ0) is 11.7. The van der Waals surface area contributed by atoms with E-state index in [2.05, 4.69) is 31.0 Å². The maximum atomic E-state index is 5.04. The summed E-state index contributed by atoms with van der Waals surface area (Å²) in [7, 11) is 3.58. The topological polar surface area (TPSA) is 21.6 Å². The Kier molecular flexibility index (Phi) is 7.92. The highest BCUT2D eigenvalue weighted by atomic mass is 16.5. The Labute approximate surface area is 93.7 Å². The Morgan fingerprint density at radius 3 is 2.47 bits per heavy atom. The predicted molar refractivity (Wildman–Crippen MR) is 67.7 cm³/mol. The van der Waals surface area contributed by atoms with Crippen molar-refractivity contribution in [3.05, 3.63) is 23.3 Å². The van der Waals surface area contributed by atoms with Crippen LogP contribution in [-0.2, 0) is 4.74 Å². The molecule has 0 aromatic carbocycles. The Bertz CT molecular complexity index is 262. The molecule has 0 aromatic heterocycles. The number of hydrogen-bond acceptors (Lipinski definition) is 2. The van der Waals surface area contributed by atoms with Gasteiger partial charge in [0.25, 0.3) is 0 Å². The molecule has 0 fully saturated rings. The largest absolute Gasteiger partial charge is 0.384 e. The minimum Gasteiger partial charge on any atom is -0.384 e. The molecule has 0 aliphatic carbocycles. The van der Waals surface area contributed by atoms with Crippen LogP contribution in [0.1, 0.15) is 33.6 Å². The second-order valence-corrected chi connectivity index (χ2v) is 3.41. The summed E-state index contributed by atoms with van der Waals surface area (Å²) in [5.41, 5.74) is 3.67. The Balaban J connectivity index is 4.70. The summed E-state index contributed by atoms with van der Waals surface area (Å²) in [5.74, 6) is 0. The number of aliphatic imine (C=N–C) groups is 1. The van der Waals surface area contributed by atoms with E-state index in [1.54, 1.807) is 7.11 Å². The molecule has 0 amide bonds. The summed E-state index contributed by atoms with van der Waals surface area (Å²) in [6, 6.07) is 0. The minimum atomic E-state index is 0.773. The smallest absolute Gasteiger partial charge is 0.0625 e. The first-order valence-corrected chi connectivity index (χ1v) is 5.49. The fourth-order valence-electron chi connectivity index (χ4n) is 1.47. The Morgan fingerprint density at radius 1 is 1.40 bits per heavy atom. The van der Waals surface area contributed by atoms with Crippen LogP contribution in [0, 0.1) is 0 Å². The van der Waals surface area contributed by atoms with E-state index in [1.807, 2.05) is 14.0 Å². The standard InChI is InChI=1S/C13H23NO/c1-6-11(3)13(14-4)12(7-2)9-8-10-15-5/h6,9H,7-8,10H2,1-5H3/b11-6-,12-9+,14-13?. The van der Waals surface area contributed by atoms with Gasteiger partial charge in [0.1, 0.15) is 0 Å². The average molecular weight is 209 g/mol. The van der Waals surface area contributed by atoms with Crippen LogP contribution >= 0.6 is 0 Å². The van der Waals surface area contributed by atoms with Gasteiger partial charge in [-0.25, -0.2) is 0 Å². The Hall–Kier alpha value is -0.890. The van der Waals surface area contributed by atoms with Crippen molar-refractivity contribution in [1.82, 2.24) is 0 Å². The van der Waals surface area contributed by atoms with Crippen LogP contribution in [0.25, 0.3) is 0 Å². The maximum Gasteiger partial charge on any atom is 0.0625 e. The Morgan fingerprint density at radius 2 is 2.07 bits per heavy atom. The molecule has 0 spiro atoms. The van der Waals surface area contributed by atoms with Crippen LogP contribution in [0.15, 0.2) is 28.3 Å². The number of rotatable bonds is 6. The lowest BCUT2D eigenvalue weighted by Crippen LogP contribution is -2.04. The lowest BCUT2D eigenvalue weighted by molar-refractivity contribution is 0.204. The van der Waals surface area contributed by atoms with E-state index >= 15 is 0 Å². The van der Waals surface area contributed by atoms with E-state index in [0.717, 1.165) is 25.2 Å². The second kappa shape index (κ2) is 8.42. The molecule has 0 saturated carbocycles. The number of methoxy groups -OCH3 is 1. The zero-order valence-corrected chi connectivity index (χ0v) is 10.6. The van der Waals surface area contributed by atoms with Crippen LogP contribution in [0.4, 0.5) is 0 Å². The maximum absolute atomic E-state index is 5.04. The predicted octanol–water partition coefficient (Wildman–Crippen LogP) is 3.40. The average Bonchev–Trinajstić information content (AvgIpc) is 2.27. The fourth-order valence-corrected chi connectivity index (χ4v) is 1.47. The molecule has 0 aliphatic rings. The lowest BCUT2D eigenvalue weighted by Gasteiger charge is -2.09. The summed E-state index contributed by atoms with van der Waals surface area (Å²) in [6.45, 7) is 7.08. The monoisotopic (exact) mass is 209 g/mol. The second-order valence-electron chi connectivity index (χ2n) is 3.41. The third-order valence-electron chi connectivity index (χ3n) is 2.43. The highest BCUT2D eigenvalue weighted by molar-refractivity contribution is 6.11. The van der Waals surface area contributed by atoms with E-state index in [9.17, 15) is 0 Å². The van der Waals surface area contributed by atoms with E-state index in [0.29, 0.717) is 0 Å². The molecule has 0 aliphatic heterocycles. The molecule has 15 heavy (non-hydrogen) atoms. The van der Waals surface area contributed by atoms with Gasteiger partial charge in [0.15, 0.2) is 0 Å². The summed E-state index contributed by atoms with van der Waals surface area (Å²) in [6.07, 6.45) is 6.29. The van der Waals surface area contributed by atoms with Crippen molar-refractivity contribution in [2.24, 2.45) is 4.99 Å². The molecule has 0 rings (SSSR count). The first-order chi connectivity index (χ1) is 7.21. The minimum absolute atomic E-state index is 0.773. The molecule has 0 atom stereocenters. The van der Waals surface area contributed by atoms with Gasteiger partial charge in [-0.3, -0.25) is 4.99 Å². The summed E-state index contributed by atoms with van der Waals surface area (Å²) in [5, 5.41) is 0. The molecule has 2 heteroatoms. The fraction of sp³-hybridized carbons (Fsp3) is 0.615. The molecule has 2 nitrogen and oxygen atoms in total. The molecule has 0 saturated heterocycles. The first kappa shape index (κ1) is 14.1. The molecular formula is C13H23NO. The molecule has 0 heterocycles. The molecule has 0 N–H and O–H groups in total. The molecule has 0 unspecified atom stereocenters. The van der Waals surface area contributed by atoms with E-state index in [-0.39, 0.29) is 0 Å². The SMILES string of the molecule is C/C=C(/C)C(=NC)/C(=C/CCOC)CC. The van der Waals surface area contributed by atoms with Crippen LogP contribution in [0.3, 0.4) is 0 Å². The molecule has 0 aromatic rings. The van der Waals surface area contributed by atoms with E-state index < -0.39 is 0 Å². The number of hydrogen-bond donors (Lipinski definition) is 0. The van der Waals surface area contributed by atoms with Gasteiger partial charge in [-0.1, -0.05) is 19.1 Å². The van der Waals surface area contributed by atoms with E-state index in [1.165, 1.54) is 11.1 Å². The summed E-state index contributed by atoms with van der Waals surface area (Å²) >= 11 is 0. The van der Waals surface area contributed by atoms with Crippen LogP contribution in [0.2, 0.25) is 0 Å². The van der Waals surface area contributed by atoms with E-state index in [4.69, 9.17) is 4.74 Å². The third-order valence-corrected chi connectivity index (χ3v) is 2.43. The van der Waals surface area contributed by atoms with Crippen LogP contribution in [-0.4, -0.2) is 26.5 Å². The van der Waals surface area contributed by atoms with Gasteiger partial charge in [-0.05, 0) is 37.8 Å². The van der Waals surface area contributed by atoms with Crippen molar-refractivity contribution >= 4 is 5.71 Å². The summed E-state index contributed by atoms with van der Waals surface area (Å²) < 4.78 is 5.04. The zero-order valence-electron chi connectivity index (χ0n) is 10.6. The van der Waals surface area contributed by atoms with Crippen molar-refractivity contribution in [2.45, 2.75) is 33.6 Å². The summed E-state index contributed by atoms with van der Waals surface area (Å²) in [4.78, 5) is 4.35. The molecule has 0 radical (unpaired) electrons. The van der Waals surface area contributed by atoms with Gasteiger partial charge >= 0.3 is 0 Å². The van der Waals surface area contributed by atoms with Crippen molar-refractivity contribution in [2.75, 3.05) is 20.8 Å². The quantitative estimate of drug-likeness (QED) is 0.485. The van der Waals surface area contributed by atoms with Gasteiger partial charge in [0.05, 0.1) is 5.71 Å².